The molecule has 0 atom stereocenters. The molecule has 1 aromatic carbocycles. The second-order valence-corrected chi connectivity index (χ2v) is 4.26. The predicted molar refractivity (Wildman–Crippen MR) is 71.7 cm³/mol. The van der Waals surface area contributed by atoms with Gasteiger partial charge in [-0.25, -0.2) is 0 Å². The summed E-state index contributed by atoms with van der Waals surface area (Å²) >= 11 is 12.1. The third-order valence-corrected chi connectivity index (χ3v) is 2.93. The van der Waals surface area contributed by atoms with Gasteiger partial charge in [0.2, 0.25) is 0 Å². The minimum absolute atomic E-state index is 0.244. The van der Waals surface area contributed by atoms with Gasteiger partial charge in [-0.2, -0.15) is 5.10 Å². The SMILES string of the molecule is CNC(=O)c1n[nH]cc1Nc1c(Cl)cccc1Cl. The van der Waals surface area contributed by atoms with Crippen molar-refractivity contribution < 1.29 is 4.79 Å². The van der Waals surface area contributed by atoms with E-state index in [2.05, 4.69) is 20.8 Å². The highest BCUT2D eigenvalue weighted by Crippen LogP contribution is 2.33. The van der Waals surface area contributed by atoms with Crippen molar-refractivity contribution in [2.24, 2.45) is 0 Å². The molecule has 0 bridgehead atoms. The van der Waals surface area contributed by atoms with E-state index in [4.69, 9.17) is 23.2 Å². The smallest absolute Gasteiger partial charge is 0.273 e. The minimum Gasteiger partial charge on any atom is -0.354 e. The fourth-order valence-electron chi connectivity index (χ4n) is 1.43. The highest BCUT2D eigenvalue weighted by atomic mass is 35.5. The van der Waals surface area contributed by atoms with Gasteiger partial charge in [0.05, 0.1) is 21.4 Å². The summed E-state index contributed by atoms with van der Waals surface area (Å²) < 4.78 is 0. The van der Waals surface area contributed by atoms with Gasteiger partial charge in [-0.05, 0) is 12.1 Å². The van der Waals surface area contributed by atoms with Gasteiger partial charge in [-0.1, -0.05) is 29.3 Å². The Kier molecular flexibility index (Phi) is 3.74. The van der Waals surface area contributed by atoms with E-state index in [1.165, 1.54) is 7.05 Å². The number of carbonyl (C=O) groups is 1. The molecule has 1 aromatic heterocycles. The molecule has 7 heteroatoms. The van der Waals surface area contributed by atoms with Crippen molar-refractivity contribution >= 4 is 40.5 Å². The zero-order valence-corrected chi connectivity index (χ0v) is 10.9. The van der Waals surface area contributed by atoms with Crippen LogP contribution in [0.15, 0.2) is 24.4 Å². The first kappa shape index (κ1) is 12.7. The summed E-state index contributed by atoms with van der Waals surface area (Å²) in [6.45, 7) is 0. The molecule has 0 saturated carbocycles. The molecule has 0 aliphatic rings. The molecule has 0 unspecified atom stereocenters. The zero-order chi connectivity index (χ0) is 13.1. The van der Waals surface area contributed by atoms with Crippen molar-refractivity contribution in [2.75, 3.05) is 12.4 Å². The number of halogens is 2. The molecule has 2 aromatic rings. The monoisotopic (exact) mass is 284 g/mol. The van der Waals surface area contributed by atoms with Crippen LogP contribution < -0.4 is 10.6 Å². The molecular formula is C11H10Cl2N4O. The zero-order valence-electron chi connectivity index (χ0n) is 9.42. The number of para-hydroxylation sites is 1. The quantitative estimate of drug-likeness (QED) is 0.812. The summed E-state index contributed by atoms with van der Waals surface area (Å²) in [6.07, 6.45) is 1.56. The number of benzene rings is 1. The summed E-state index contributed by atoms with van der Waals surface area (Å²) in [6, 6.07) is 5.15. The van der Waals surface area contributed by atoms with Crippen LogP contribution in [0.3, 0.4) is 0 Å². The van der Waals surface area contributed by atoms with E-state index in [1.54, 1.807) is 24.4 Å². The third kappa shape index (κ3) is 2.42. The van der Waals surface area contributed by atoms with E-state index in [9.17, 15) is 4.79 Å². The largest absolute Gasteiger partial charge is 0.354 e. The number of aromatic nitrogens is 2. The van der Waals surface area contributed by atoms with Gasteiger partial charge in [0.15, 0.2) is 5.69 Å². The Balaban J connectivity index is 2.35. The van der Waals surface area contributed by atoms with E-state index in [0.717, 1.165) is 0 Å². The Morgan fingerprint density at radius 2 is 2.00 bits per heavy atom. The number of aromatic amines is 1. The lowest BCUT2D eigenvalue weighted by molar-refractivity contribution is 0.0959. The van der Waals surface area contributed by atoms with Crippen LogP contribution in [0.5, 0.6) is 0 Å². The fourth-order valence-corrected chi connectivity index (χ4v) is 1.92. The number of hydrogen-bond acceptors (Lipinski definition) is 3. The highest BCUT2D eigenvalue weighted by Gasteiger charge is 2.15. The molecule has 1 heterocycles. The normalized spacial score (nSPS) is 10.2. The Morgan fingerprint density at radius 1 is 1.33 bits per heavy atom. The van der Waals surface area contributed by atoms with Gasteiger partial charge in [0.1, 0.15) is 0 Å². The van der Waals surface area contributed by atoms with Crippen LogP contribution in [0.4, 0.5) is 11.4 Å². The first-order valence-electron chi connectivity index (χ1n) is 5.10. The Morgan fingerprint density at radius 3 is 2.61 bits per heavy atom. The van der Waals surface area contributed by atoms with Gasteiger partial charge >= 0.3 is 0 Å². The highest BCUT2D eigenvalue weighted by molar-refractivity contribution is 6.39. The number of carbonyl (C=O) groups excluding carboxylic acids is 1. The van der Waals surface area contributed by atoms with Crippen LogP contribution in [0.1, 0.15) is 10.5 Å². The van der Waals surface area contributed by atoms with E-state index in [0.29, 0.717) is 21.4 Å². The Hall–Kier alpha value is -1.72. The number of H-pyrrole nitrogens is 1. The van der Waals surface area contributed by atoms with Crippen LogP contribution in [-0.2, 0) is 0 Å². The molecule has 3 N–H and O–H groups in total. The van der Waals surface area contributed by atoms with E-state index < -0.39 is 0 Å². The van der Waals surface area contributed by atoms with Gasteiger partial charge in [0, 0.05) is 13.2 Å². The molecule has 0 aliphatic carbocycles. The molecular weight excluding hydrogens is 275 g/mol. The summed E-state index contributed by atoms with van der Waals surface area (Å²) in [5.41, 5.74) is 1.28. The first-order chi connectivity index (χ1) is 8.63. The van der Waals surface area contributed by atoms with Crippen LogP contribution in [0.25, 0.3) is 0 Å². The summed E-state index contributed by atoms with van der Waals surface area (Å²) in [5.74, 6) is -0.304. The van der Waals surface area contributed by atoms with Crippen molar-refractivity contribution in [1.82, 2.24) is 15.5 Å². The van der Waals surface area contributed by atoms with Crippen molar-refractivity contribution in [3.63, 3.8) is 0 Å². The third-order valence-electron chi connectivity index (χ3n) is 2.30. The van der Waals surface area contributed by atoms with Gasteiger partial charge in [-0.15, -0.1) is 0 Å². The van der Waals surface area contributed by atoms with E-state index in [-0.39, 0.29) is 11.6 Å². The fraction of sp³-hybridized carbons (Fsp3) is 0.0909. The van der Waals surface area contributed by atoms with Crippen LogP contribution in [-0.4, -0.2) is 23.2 Å². The van der Waals surface area contributed by atoms with Crippen molar-refractivity contribution in [3.8, 4) is 0 Å². The molecule has 18 heavy (non-hydrogen) atoms. The maximum atomic E-state index is 11.6. The average Bonchev–Trinajstić information content (AvgIpc) is 2.81. The van der Waals surface area contributed by atoms with Gasteiger partial charge < -0.3 is 10.6 Å². The van der Waals surface area contributed by atoms with Gasteiger partial charge in [0.25, 0.3) is 5.91 Å². The van der Waals surface area contributed by atoms with Crippen LogP contribution >= 0.6 is 23.2 Å². The van der Waals surface area contributed by atoms with Gasteiger partial charge in [-0.3, -0.25) is 9.89 Å². The molecule has 2 rings (SSSR count). The second kappa shape index (κ2) is 5.29. The Bertz CT molecular complexity index is 562. The minimum atomic E-state index is -0.304. The lowest BCUT2D eigenvalue weighted by Gasteiger charge is -2.09. The van der Waals surface area contributed by atoms with Crippen molar-refractivity contribution in [2.45, 2.75) is 0 Å². The number of amides is 1. The molecule has 1 amide bonds. The number of hydrogen-bond donors (Lipinski definition) is 3. The van der Waals surface area contributed by atoms with Crippen LogP contribution in [0.2, 0.25) is 10.0 Å². The van der Waals surface area contributed by atoms with Crippen molar-refractivity contribution in [3.05, 3.63) is 40.1 Å². The van der Waals surface area contributed by atoms with Crippen LogP contribution in [0, 0.1) is 0 Å². The molecule has 94 valence electrons. The first-order valence-corrected chi connectivity index (χ1v) is 5.86. The predicted octanol–water partition coefficient (Wildman–Crippen LogP) is 2.82. The maximum Gasteiger partial charge on any atom is 0.273 e. The number of nitrogens with zero attached hydrogens (tertiary/aromatic N) is 1. The second-order valence-electron chi connectivity index (χ2n) is 3.45. The van der Waals surface area contributed by atoms with E-state index in [1.807, 2.05) is 0 Å². The molecule has 0 fully saturated rings. The topological polar surface area (TPSA) is 69.8 Å². The molecule has 0 spiro atoms. The number of rotatable bonds is 3. The molecule has 0 radical (unpaired) electrons. The lowest BCUT2D eigenvalue weighted by Crippen LogP contribution is -2.19. The standard InChI is InChI=1S/C11H10Cl2N4O/c1-14-11(18)10-8(5-15-17-10)16-9-6(12)3-2-4-7(9)13/h2-5,16H,1H3,(H,14,18)(H,15,17). The average molecular weight is 285 g/mol. The number of anilines is 2. The molecule has 5 nitrogen and oxygen atoms in total. The van der Waals surface area contributed by atoms with Crippen molar-refractivity contribution in [1.29, 1.82) is 0 Å². The summed E-state index contributed by atoms with van der Waals surface area (Å²) in [7, 11) is 1.53. The Labute approximate surface area is 113 Å². The molecule has 0 saturated heterocycles. The number of nitrogens with one attached hydrogen (secondary N) is 3. The maximum absolute atomic E-state index is 11.6. The summed E-state index contributed by atoms with van der Waals surface area (Å²) in [4.78, 5) is 11.6. The summed E-state index contributed by atoms with van der Waals surface area (Å²) in [5, 5.41) is 12.9. The lowest BCUT2D eigenvalue weighted by atomic mass is 10.3. The molecule has 0 aliphatic heterocycles. The van der Waals surface area contributed by atoms with E-state index >= 15 is 0 Å².